The Labute approximate surface area is 124 Å². The van der Waals surface area contributed by atoms with Crippen LogP contribution in [0.5, 0.6) is 5.75 Å². The van der Waals surface area contributed by atoms with Crippen LogP contribution < -0.4 is 10.1 Å². The van der Waals surface area contributed by atoms with Crippen LogP contribution >= 0.6 is 0 Å². The van der Waals surface area contributed by atoms with Gasteiger partial charge in [-0.2, -0.15) is 5.10 Å². The highest BCUT2D eigenvalue weighted by Gasteiger charge is 2.07. The quantitative estimate of drug-likeness (QED) is 0.780. The Morgan fingerprint density at radius 3 is 2.76 bits per heavy atom. The number of pyridine rings is 1. The predicted molar refractivity (Wildman–Crippen MR) is 83.4 cm³/mol. The fourth-order valence-electron chi connectivity index (χ4n) is 2.40. The standard InChI is InChI=1S/C17H19N3O/c1-13(14-6-8-16(21-2)9-7-14)18-11-15-12-19-20-10-4-3-5-17(15)20/h3-10,12-13,18H,11H2,1-2H3/t13-/m1/s1. The summed E-state index contributed by atoms with van der Waals surface area (Å²) in [6.07, 6.45) is 3.88. The molecule has 1 N–H and O–H groups in total. The summed E-state index contributed by atoms with van der Waals surface area (Å²) >= 11 is 0. The molecule has 0 amide bonds. The van der Waals surface area contributed by atoms with Crippen molar-refractivity contribution in [2.75, 3.05) is 7.11 Å². The van der Waals surface area contributed by atoms with Crippen LogP contribution in [-0.4, -0.2) is 16.7 Å². The number of hydrogen-bond acceptors (Lipinski definition) is 3. The maximum absolute atomic E-state index is 5.18. The molecule has 21 heavy (non-hydrogen) atoms. The summed E-state index contributed by atoms with van der Waals surface area (Å²) in [6, 6.07) is 14.5. The van der Waals surface area contributed by atoms with Gasteiger partial charge in [0.25, 0.3) is 0 Å². The molecule has 0 aliphatic rings. The van der Waals surface area contributed by atoms with E-state index in [0.717, 1.165) is 17.8 Å². The molecule has 3 rings (SSSR count). The van der Waals surface area contributed by atoms with Gasteiger partial charge < -0.3 is 10.1 Å². The summed E-state index contributed by atoms with van der Waals surface area (Å²) in [4.78, 5) is 0. The summed E-state index contributed by atoms with van der Waals surface area (Å²) in [5.41, 5.74) is 3.59. The zero-order chi connectivity index (χ0) is 14.7. The lowest BCUT2D eigenvalue weighted by atomic mass is 10.1. The van der Waals surface area contributed by atoms with Gasteiger partial charge in [0.15, 0.2) is 0 Å². The summed E-state index contributed by atoms with van der Waals surface area (Å²) in [5.74, 6) is 0.883. The first-order valence-corrected chi connectivity index (χ1v) is 7.06. The highest BCUT2D eigenvalue weighted by Crippen LogP contribution is 2.18. The van der Waals surface area contributed by atoms with E-state index in [4.69, 9.17) is 4.74 Å². The molecule has 1 aromatic carbocycles. The number of rotatable bonds is 5. The van der Waals surface area contributed by atoms with Crippen LogP contribution in [0.2, 0.25) is 0 Å². The summed E-state index contributed by atoms with van der Waals surface area (Å²) in [7, 11) is 1.68. The van der Waals surface area contributed by atoms with Crippen LogP contribution in [0.1, 0.15) is 24.1 Å². The first-order valence-electron chi connectivity index (χ1n) is 7.06. The number of aromatic nitrogens is 2. The highest BCUT2D eigenvalue weighted by molar-refractivity contribution is 5.53. The Kier molecular flexibility index (Phi) is 3.88. The summed E-state index contributed by atoms with van der Waals surface area (Å²) in [6.45, 7) is 2.95. The topological polar surface area (TPSA) is 38.6 Å². The molecular formula is C17H19N3O. The van der Waals surface area contributed by atoms with E-state index in [0.29, 0.717) is 0 Å². The lowest BCUT2D eigenvalue weighted by Gasteiger charge is -2.14. The third-order valence-corrected chi connectivity index (χ3v) is 3.72. The third kappa shape index (κ3) is 2.90. The molecule has 4 nitrogen and oxygen atoms in total. The van der Waals surface area contributed by atoms with E-state index in [1.807, 2.05) is 41.2 Å². The van der Waals surface area contributed by atoms with Crippen LogP contribution in [0, 0.1) is 0 Å². The van der Waals surface area contributed by atoms with Gasteiger partial charge in [-0.1, -0.05) is 18.2 Å². The van der Waals surface area contributed by atoms with Crippen LogP contribution in [0.25, 0.3) is 5.52 Å². The van der Waals surface area contributed by atoms with Gasteiger partial charge in [0.05, 0.1) is 18.8 Å². The predicted octanol–water partition coefficient (Wildman–Crippen LogP) is 3.19. The van der Waals surface area contributed by atoms with Gasteiger partial charge >= 0.3 is 0 Å². The van der Waals surface area contributed by atoms with Gasteiger partial charge in [0.2, 0.25) is 0 Å². The smallest absolute Gasteiger partial charge is 0.118 e. The fourth-order valence-corrected chi connectivity index (χ4v) is 2.40. The van der Waals surface area contributed by atoms with Crippen LogP contribution in [-0.2, 0) is 6.54 Å². The molecule has 0 unspecified atom stereocenters. The molecule has 0 radical (unpaired) electrons. The highest BCUT2D eigenvalue weighted by atomic mass is 16.5. The monoisotopic (exact) mass is 281 g/mol. The lowest BCUT2D eigenvalue weighted by molar-refractivity contribution is 0.414. The zero-order valence-electron chi connectivity index (χ0n) is 12.3. The van der Waals surface area contributed by atoms with E-state index in [2.05, 4.69) is 35.5 Å². The number of ether oxygens (including phenoxy) is 1. The van der Waals surface area contributed by atoms with E-state index in [-0.39, 0.29) is 6.04 Å². The van der Waals surface area contributed by atoms with Crippen LogP contribution in [0.4, 0.5) is 0 Å². The molecule has 0 aliphatic carbocycles. The van der Waals surface area contributed by atoms with E-state index < -0.39 is 0 Å². The second-order valence-electron chi connectivity index (χ2n) is 5.08. The minimum atomic E-state index is 0.273. The minimum Gasteiger partial charge on any atom is -0.497 e. The van der Waals surface area contributed by atoms with Crippen molar-refractivity contribution in [2.45, 2.75) is 19.5 Å². The Morgan fingerprint density at radius 1 is 1.19 bits per heavy atom. The van der Waals surface area contributed by atoms with Crippen LogP contribution in [0.15, 0.2) is 54.9 Å². The van der Waals surface area contributed by atoms with E-state index in [1.165, 1.54) is 11.1 Å². The number of nitrogens with zero attached hydrogens (tertiary/aromatic N) is 2. The Hall–Kier alpha value is -2.33. The Morgan fingerprint density at radius 2 is 2.00 bits per heavy atom. The maximum Gasteiger partial charge on any atom is 0.118 e. The molecule has 0 aliphatic heterocycles. The van der Waals surface area contributed by atoms with Crippen molar-refractivity contribution in [2.24, 2.45) is 0 Å². The molecule has 0 saturated heterocycles. The average Bonchev–Trinajstić information content (AvgIpc) is 2.96. The van der Waals surface area contributed by atoms with Crippen molar-refractivity contribution in [1.29, 1.82) is 0 Å². The number of methoxy groups -OCH3 is 1. The van der Waals surface area contributed by atoms with Gasteiger partial charge in [0, 0.05) is 24.3 Å². The van der Waals surface area contributed by atoms with Crippen molar-refractivity contribution in [3.63, 3.8) is 0 Å². The largest absolute Gasteiger partial charge is 0.497 e. The fraction of sp³-hybridized carbons (Fsp3) is 0.235. The second-order valence-corrected chi connectivity index (χ2v) is 5.08. The average molecular weight is 281 g/mol. The second kappa shape index (κ2) is 5.97. The molecule has 3 aromatic rings. The Balaban J connectivity index is 1.68. The van der Waals surface area contributed by atoms with E-state index >= 15 is 0 Å². The zero-order valence-corrected chi connectivity index (χ0v) is 12.3. The Bertz CT molecular complexity index is 718. The van der Waals surface area contributed by atoms with Gasteiger partial charge in [-0.05, 0) is 36.8 Å². The van der Waals surface area contributed by atoms with Gasteiger partial charge in [0.1, 0.15) is 5.75 Å². The van der Waals surface area contributed by atoms with Gasteiger partial charge in [-0.15, -0.1) is 0 Å². The van der Waals surface area contributed by atoms with E-state index in [1.54, 1.807) is 7.11 Å². The molecule has 0 saturated carbocycles. The number of nitrogens with one attached hydrogen (secondary N) is 1. The van der Waals surface area contributed by atoms with Crippen molar-refractivity contribution in [1.82, 2.24) is 14.9 Å². The molecule has 108 valence electrons. The SMILES string of the molecule is COc1ccc([C@@H](C)NCc2cnn3ccccc23)cc1. The van der Waals surface area contributed by atoms with E-state index in [9.17, 15) is 0 Å². The molecule has 4 heteroatoms. The van der Waals surface area contributed by atoms with Crippen molar-refractivity contribution in [3.05, 3.63) is 66.0 Å². The van der Waals surface area contributed by atoms with Gasteiger partial charge in [-0.3, -0.25) is 0 Å². The number of benzene rings is 1. The molecule has 2 aromatic heterocycles. The first-order chi connectivity index (χ1) is 10.3. The third-order valence-electron chi connectivity index (χ3n) is 3.72. The molecular weight excluding hydrogens is 262 g/mol. The molecule has 0 bridgehead atoms. The minimum absolute atomic E-state index is 0.273. The number of hydrogen-bond donors (Lipinski definition) is 1. The first kappa shape index (κ1) is 13.6. The molecule has 0 fully saturated rings. The molecule has 2 heterocycles. The lowest BCUT2D eigenvalue weighted by Crippen LogP contribution is -2.17. The van der Waals surface area contributed by atoms with Crippen LogP contribution in [0.3, 0.4) is 0 Å². The molecule has 0 spiro atoms. The summed E-state index contributed by atoms with van der Waals surface area (Å²) in [5, 5.41) is 7.89. The molecule has 1 atom stereocenters. The maximum atomic E-state index is 5.18. The van der Waals surface area contributed by atoms with Crippen molar-refractivity contribution >= 4 is 5.52 Å². The van der Waals surface area contributed by atoms with Gasteiger partial charge in [-0.25, -0.2) is 4.52 Å². The van der Waals surface area contributed by atoms with Crippen molar-refractivity contribution in [3.8, 4) is 5.75 Å². The summed E-state index contributed by atoms with van der Waals surface area (Å²) < 4.78 is 7.08. The normalized spacial score (nSPS) is 12.5. The van der Waals surface area contributed by atoms with Crippen molar-refractivity contribution < 1.29 is 4.74 Å². The number of fused-ring (bicyclic) bond motifs is 1.